The summed E-state index contributed by atoms with van der Waals surface area (Å²) in [7, 11) is 0. The normalized spacial score (nSPS) is 10.8. The Balaban J connectivity index is 2.29. The number of nitrogens with zero attached hydrogens (tertiary/aromatic N) is 5. The second-order valence-electron chi connectivity index (χ2n) is 3.20. The van der Waals surface area contributed by atoms with Crippen LogP contribution in [0.4, 0.5) is 0 Å². The van der Waals surface area contributed by atoms with Gasteiger partial charge in [0, 0.05) is 18.0 Å². The molecule has 3 aromatic heterocycles. The van der Waals surface area contributed by atoms with Crippen LogP contribution in [0.2, 0.25) is 5.15 Å². The number of rotatable bonds is 1. The maximum atomic E-state index is 5.84. The summed E-state index contributed by atoms with van der Waals surface area (Å²) in [6.45, 7) is 0. The van der Waals surface area contributed by atoms with Gasteiger partial charge in [0.05, 0.1) is 11.9 Å². The highest BCUT2D eigenvalue weighted by Gasteiger charge is 2.07. The van der Waals surface area contributed by atoms with Crippen molar-refractivity contribution < 1.29 is 0 Å². The van der Waals surface area contributed by atoms with Gasteiger partial charge in [0.25, 0.3) is 0 Å². The SMILES string of the molecule is Clc1ccc2ncc(-c3cncnc3)n2n1. The summed E-state index contributed by atoms with van der Waals surface area (Å²) in [5.74, 6) is 0. The highest BCUT2D eigenvalue weighted by Crippen LogP contribution is 2.18. The van der Waals surface area contributed by atoms with Crippen LogP contribution in [-0.2, 0) is 0 Å². The third-order valence-electron chi connectivity index (χ3n) is 2.19. The molecule has 3 aromatic rings. The maximum absolute atomic E-state index is 5.84. The van der Waals surface area contributed by atoms with Gasteiger partial charge in [0.15, 0.2) is 5.65 Å². The van der Waals surface area contributed by atoms with Crippen LogP contribution in [0.15, 0.2) is 37.1 Å². The molecule has 0 radical (unpaired) electrons. The summed E-state index contributed by atoms with van der Waals surface area (Å²) in [5, 5.41) is 4.60. The van der Waals surface area contributed by atoms with Crippen LogP contribution in [-0.4, -0.2) is 24.6 Å². The Morgan fingerprint density at radius 1 is 1.06 bits per heavy atom. The van der Waals surface area contributed by atoms with Gasteiger partial charge in [0.2, 0.25) is 0 Å². The van der Waals surface area contributed by atoms with E-state index in [1.807, 2.05) is 6.07 Å². The second kappa shape index (κ2) is 3.53. The molecule has 5 nitrogen and oxygen atoms in total. The van der Waals surface area contributed by atoms with Crippen molar-refractivity contribution in [2.75, 3.05) is 0 Å². The fraction of sp³-hybridized carbons (Fsp3) is 0. The Kier molecular flexibility index (Phi) is 2.04. The van der Waals surface area contributed by atoms with Gasteiger partial charge in [-0.25, -0.2) is 19.5 Å². The zero-order valence-electron chi connectivity index (χ0n) is 8.08. The summed E-state index contributed by atoms with van der Waals surface area (Å²) in [6, 6.07) is 3.51. The van der Waals surface area contributed by atoms with Crippen molar-refractivity contribution in [1.82, 2.24) is 24.6 Å². The van der Waals surface area contributed by atoms with Crippen molar-refractivity contribution in [3.63, 3.8) is 0 Å². The lowest BCUT2D eigenvalue weighted by Gasteiger charge is -1.99. The van der Waals surface area contributed by atoms with Crippen molar-refractivity contribution in [2.45, 2.75) is 0 Å². The number of halogens is 1. The van der Waals surface area contributed by atoms with E-state index >= 15 is 0 Å². The van der Waals surface area contributed by atoms with Gasteiger partial charge in [-0.2, -0.15) is 5.10 Å². The molecule has 0 N–H and O–H groups in total. The van der Waals surface area contributed by atoms with Crippen molar-refractivity contribution in [1.29, 1.82) is 0 Å². The van der Waals surface area contributed by atoms with Crippen LogP contribution in [0.5, 0.6) is 0 Å². The van der Waals surface area contributed by atoms with E-state index in [9.17, 15) is 0 Å². The largest absolute Gasteiger partial charge is 0.244 e. The minimum absolute atomic E-state index is 0.420. The van der Waals surface area contributed by atoms with Crippen LogP contribution in [0.25, 0.3) is 16.9 Å². The Labute approximate surface area is 95.8 Å². The van der Waals surface area contributed by atoms with Crippen molar-refractivity contribution in [3.05, 3.63) is 42.2 Å². The smallest absolute Gasteiger partial charge is 0.154 e. The molecule has 6 heteroatoms. The third-order valence-corrected chi connectivity index (χ3v) is 2.39. The second-order valence-corrected chi connectivity index (χ2v) is 3.58. The molecule has 0 saturated carbocycles. The predicted octanol–water partition coefficient (Wildman–Crippen LogP) is 1.84. The first-order chi connectivity index (χ1) is 7.84. The molecule has 0 spiro atoms. The lowest BCUT2D eigenvalue weighted by molar-refractivity contribution is 0.940. The molecule has 0 amide bonds. The monoisotopic (exact) mass is 231 g/mol. The summed E-state index contributed by atoms with van der Waals surface area (Å²) < 4.78 is 1.67. The molecule has 78 valence electrons. The minimum Gasteiger partial charge on any atom is -0.244 e. The Bertz CT molecular complexity index is 634. The average Bonchev–Trinajstić information content (AvgIpc) is 2.73. The van der Waals surface area contributed by atoms with Gasteiger partial charge in [-0.15, -0.1) is 0 Å². The average molecular weight is 232 g/mol. The molecule has 0 atom stereocenters. The molecule has 0 aromatic carbocycles. The fourth-order valence-corrected chi connectivity index (χ4v) is 1.62. The van der Waals surface area contributed by atoms with E-state index in [-0.39, 0.29) is 0 Å². The summed E-state index contributed by atoms with van der Waals surface area (Å²) in [5.41, 5.74) is 2.41. The molecular weight excluding hydrogens is 226 g/mol. The van der Waals surface area contributed by atoms with Crippen LogP contribution in [0, 0.1) is 0 Å². The quantitative estimate of drug-likeness (QED) is 0.641. The lowest BCUT2D eigenvalue weighted by atomic mass is 10.3. The Morgan fingerprint density at radius 3 is 2.69 bits per heavy atom. The van der Waals surface area contributed by atoms with E-state index in [2.05, 4.69) is 20.1 Å². The lowest BCUT2D eigenvalue weighted by Crippen LogP contribution is -1.94. The van der Waals surface area contributed by atoms with Crippen LogP contribution in [0.3, 0.4) is 0 Å². The molecule has 0 aliphatic rings. The molecule has 0 saturated heterocycles. The van der Waals surface area contributed by atoms with Crippen LogP contribution < -0.4 is 0 Å². The molecule has 0 unspecified atom stereocenters. The molecule has 3 rings (SSSR count). The van der Waals surface area contributed by atoms with E-state index in [4.69, 9.17) is 11.6 Å². The van der Waals surface area contributed by atoms with E-state index < -0.39 is 0 Å². The Morgan fingerprint density at radius 2 is 1.88 bits per heavy atom. The number of hydrogen-bond acceptors (Lipinski definition) is 4. The number of hydrogen-bond donors (Lipinski definition) is 0. The minimum atomic E-state index is 0.420. The molecule has 0 fully saturated rings. The third kappa shape index (κ3) is 1.42. The predicted molar refractivity (Wildman–Crippen MR) is 59.0 cm³/mol. The van der Waals surface area contributed by atoms with Crippen molar-refractivity contribution >= 4 is 17.2 Å². The molecular formula is C10H6ClN5. The zero-order chi connectivity index (χ0) is 11.0. The molecule has 0 aliphatic heterocycles. The first-order valence-electron chi connectivity index (χ1n) is 4.60. The first-order valence-corrected chi connectivity index (χ1v) is 4.98. The summed E-state index contributed by atoms with van der Waals surface area (Å²) in [4.78, 5) is 12.1. The van der Waals surface area contributed by atoms with Gasteiger partial charge < -0.3 is 0 Å². The molecule has 16 heavy (non-hydrogen) atoms. The van der Waals surface area contributed by atoms with Gasteiger partial charge >= 0.3 is 0 Å². The number of fused-ring (bicyclic) bond motifs is 1. The van der Waals surface area contributed by atoms with E-state index in [0.29, 0.717) is 5.15 Å². The van der Waals surface area contributed by atoms with Gasteiger partial charge in [-0.1, -0.05) is 11.6 Å². The standard InChI is InChI=1S/C10H6ClN5/c11-9-1-2-10-14-5-8(16(10)15-9)7-3-12-6-13-4-7/h1-6H. The van der Waals surface area contributed by atoms with E-state index in [1.165, 1.54) is 6.33 Å². The zero-order valence-corrected chi connectivity index (χ0v) is 8.83. The van der Waals surface area contributed by atoms with Crippen molar-refractivity contribution in [3.8, 4) is 11.3 Å². The van der Waals surface area contributed by atoms with E-state index in [1.54, 1.807) is 29.2 Å². The molecule has 0 aliphatic carbocycles. The van der Waals surface area contributed by atoms with E-state index in [0.717, 1.165) is 16.9 Å². The van der Waals surface area contributed by atoms with Gasteiger partial charge in [-0.3, -0.25) is 0 Å². The van der Waals surface area contributed by atoms with Crippen LogP contribution in [0.1, 0.15) is 0 Å². The van der Waals surface area contributed by atoms with Gasteiger partial charge in [-0.05, 0) is 12.1 Å². The van der Waals surface area contributed by atoms with Gasteiger partial charge in [0.1, 0.15) is 11.5 Å². The molecule has 0 bridgehead atoms. The number of imidazole rings is 1. The van der Waals surface area contributed by atoms with Crippen LogP contribution >= 0.6 is 11.6 Å². The summed E-state index contributed by atoms with van der Waals surface area (Å²) in [6.07, 6.45) is 6.61. The number of aromatic nitrogens is 5. The Hall–Kier alpha value is -2.01. The first kappa shape index (κ1) is 9.23. The molecule has 3 heterocycles. The fourth-order valence-electron chi connectivity index (χ4n) is 1.48. The van der Waals surface area contributed by atoms with Crippen molar-refractivity contribution in [2.24, 2.45) is 0 Å². The highest BCUT2D eigenvalue weighted by atomic mass is 35.5. The summed E-state index contributed by atoms with van der Waals surface area (Å²) >= 11 is 5.84. The highest BCUT2D eigenvalue weighted by molar-refractivity contribution is 6.29. The topological polar surface area (TPSA) is 56.0 Å². The maximum Gasteiger partial charge on any atom is 0.154 e.